The molecule has 1 aliphatic heterocycles. The molecule has 142 valence electrons. The number of carbonyl (C=O) groups excluding carboxylic acids is 3. The SMILES string of the molecule is O=C(COc1ccccc1N1C(=O)[C@@H]2[C@H]3CC[C@@H](C3)[C@@H]2C1=O)c1ccccc1. The quantitative estimate of drug-likeness (QED) is 0.593. The second kappa shape index (κ2) is 6.59. The van der Waals surface area contributed by atoms with Crippen LogP contribution in [0.4, 0.5) is 5.69 Å². The van der Waals surface area contributed by atoms with Crippen molar-refractivity contribution in [2.45, 2.75) is 19.3 Å². The fraction of sp³-hybridized carbons (Fsp3) is 0.348. The molecule has 1 heterocycles. The number of para-hydroxylation sites is 2. The van der Waals surface area contributed by atoms with Gasteiger partial charge in [0.05, 0.1) is 17.5 Å². The summed E-state index contributed by atoms with van der Waals surface area (Å²) < 4.78 is 5.76. The number of nitrogens with zero attached hydrogens (tertiary/aromatic N) is 1. The number of benzene rings is 2. The third-order valence-corrected chi connectivity index (χ3v) is 6.49. The molecule has 0 aromatic heterocycles. The molecule has 28 heavy (non-hydrogen) atoms. The summed E-state index contributed by atoms with van der Waals surface area (Å²) in [5.41, 5.74) is 1.02. The van der Waals surface area contributed by atoms with Crippen molar-refractivity contribution in [2.75, 3.05) is 11.5 Å². The maximum absolute atomic E-state index is 13.1. The zero-order valence-corrected chi connectivity index (χ0v) is 15.4. The largest absolute Gasteiger partial charge is 0.483 e. The van der Waals surface area contributed by atoms with Crippen LogP contribution in [0.5, 0.6) is 5.75 Å². The molecule has 5 heteroatoms. The van der Waals surface area contributed by atoms with Crippen molar-refractivity contribution in [2.24, 2.45) is 23.7 Å². The Labute approximate surface area is 163 Å². The Morgan fingerprint density at radius 1 is 0.893 bits per heavy atom. The summed E-state index contributed by atoms with van der Waals surface area (Å²) in [6.45, 7) is -0.143. The predicted molar refractivity (Wildman–Crippen MR) is 103 cm³/mol. The number of amides is 2. The minimum absolute atomic E-state index is 0.104. The van der Waals surface area contributed by atoms with Crippen molar-refractivity contribution in [1.29, 1.82) is 0 Å². The van der Waals surface area contributed by atoms with Crippen molar-refractivity contribution in [3.63, 3.8) is 0 Å². The highest BCUT2D eigenvalue weighted by Crippen LogP contribution is 2.57. The van der Waals surface area contributed by atoms with Gasteiger partial charge in [-0.15, -0.1) is 0 Å². The Morgan fingerprint density at radius 2 is 1.50 bits per heavy atom. The minimum Gasteiger partial charge on any atom is -0.483 e. The molecular weight excluding hydrogens is 354 g/mol. The molecule has 3 fully saturated rings. The minimum atomic E-state index is -0.176. The van der Waals surface area contributed by atoms with Crippen molar-refractivity contribution >= 4 is 23.3 Å². The molecule has 2 aromatic carbocycles. The van der Waals surface area contributed by atoms with Crippen molar-refractivity contribution in [1.82, 2.24) is 0 Å². The van der Waals surface area contributed by atoms with Crippen LogP contribution in [0, 0.1) is 23.7 Å². The summed E-state index contributed by atoms with van der Waals surface area (Å²) in [5.74, 6) is 0.356. The zero-order chi connectivity index (χ0) is 19.3. The van der Waals surface area contributed by atoms with Gasteiger partial charge >= 0.3 is 0 Å². The molecule has 0 radical (unpaired) electrons. The number of anilines is 1. The normalized spacial score (nSPS) is 27.9. The summed E-state index contributed by atoms with van der Waals surface area (Å²) in [7, 11) is 0. The lowest BCUT2D eigenvalue weighted by Gasteiger charge is -2.20. The molecule has 0 unspecified atom stereocenters. The van der Waals surface area contributed by atoms with E-state index in [-0.39, 0.29) is 36.0 Å². The van der Waals surface area contributed by atoms with E-state index in [1.165, 1.54) is 4.90 Å². The molecule has 2 amide bonds. The van der Waals surface area contributed by atoms with Crippen LogP contribution in [-0.4, -0.2) is 24.2 Å². The van der Waals surface area contributed by atoms with Gasteiger partial charge in [-0.05, 0) is 43.2 Å². The van der Waals surface area contributed by atoms with E-state index < -0.39 is 0 Å². The maximum Gasteiger partial charge on any atom is 0.238 e. The Balaban J connectivity index is 1.39. The molecule has 2 saturated carbocycles. The van der Waals surface area contributed by atoms with Crippen molar-refractivity contribution in [3.8, 4) is 5.75 Å². The Bertz CT molecular complexity index is 926. The number of ether oxygens (including phenoxy) is 1. The van der Waals surface area contributed by atoms with E-state index in [0.717, 1.165) is 19.3 Å². The summed E-state index contributed by atoms with van der Waals surface area (Å²) in [4.78, 5) is 39.8. The summed E-state index contributed by atoms with van der Waals surface area (Å²) in [6, 6.07) is 15.9. The number of rotatable bonds is 5. The van der Waals surface area contributed by atoms with Crippen LogP contribution in [0.25, 0.3) is 0 Å². The highest BCUT2D eigenvalue weighted by Gasteiger charge is 2.61. The van der Waals surface area contributed by atoms with E-state index in [1.54, 1.807) is 48.5 Å². The number of fused-ring (bicyclic) bond motifs is 5. The van der Waals surface area contributed by atoms with E-state index in [1.807, 2.05) is 6.07 Å². The highest BCUT2D eigenvalue weighted by atomic mass is 16.5. The Kier molecular flexibility index (Phi) is 4.04. The van der Waals surface area contributed by atoms with E-state index in [0.29, 0.717) is 28.8 Å². The number of Topliss-reactive ketones (excluding diaryl/α,β-unsaturated/α-hetero) is 1. The van der Waals surface area contributed by atoms with Gasteiger partial charge in [-0.2, -0.15) is 0 Å². The monoisotopic (exact) mass is 375 g/mol. The molecule has 0 spiro atoms. The van der Waals surface area contributed by atoms with Gasteiger partial charge in [0.15, 0.2) is 12.4 Å². The van der Waals surface area contributed by atoms with Gasteiger partial charge in [-0.3, -0.25) is 14.4 Å². The Morgan fingerprint density at radius 3 is 2.18 bits per heavy atom. The first-order chi connectivity index (χ1) is 13.6. The smallest absolute Gasteiger partial charge is 0.238 e. The van der Waals surface area contributed by atoms with E-state index in [4.69, 9.17) is 4.74 Å². The third-order valence-electron chi connectivity index (χ3n) is 6.49. The van der Waals surface area contributed by atoms with Gasteiger partial charge in [0, 0.05) is 5.56 Å². The van der Waals surface area contributed by atoms with Crippen LogP contribution in [0.15, 0.2) is 54.6 Å². The zero-order valence-electron chi connectivity index (χ0n) is 15.4. The first kappa shape index (κ1) is 17.2. The highest BCUT2D eigenvalue weighted by molar-refractivity contribution is 6.23. The molecule has 2 aliphatic carbocycles. The molecule has 5 nitrogen and oxygen atoms in total. The lowest BCUT2D eigenvalue weighted by Crippen LogP contribution is -2.33. The molecule has 1 saturated heterocycles. The average molecular weight is 375 g/mol. The topological polar surface area (TPSA) is 63.7 Å². The van der Waals surface area contributed by atoms with Crippen LogP contribution >= 0.6 is 0 Å². The lowest BCUT2D eigenvalue weighted by molar-refractivity contribution is -0.123. The second-order valence-electron chi connectivity index (χ2n) is 7.94. The van der Waals surface area contributed by atoms with Crippen LogP contribution in [-0.2, 0) is 9.59 Å². The molecule has 2 aromatic rings. The average Bonchev–Trinajstić information content (AvgIpc) is 3.41. The van der Waals surface area contributed by atoms with Crippen LogP contribution in [0.3, 0.4) is 0 Å². The maximum atomic E-state index is 13.1. The number of carbonyl (C=O) groups is 3. The number of imide groups is 1. The van der Waals surface area contributed by atoms with Gasteiger partial charge in [-0.25, -0.2) is 4.90 Å². The summed E-state index contributed by atoms with van der Waals surface area (Å²) in [6.07, 6.45) is 3.09. The van der Waals surface area contributed by atoms with Crippen molar-refractivity contribution < 1.29 is 19.1 Å². The molecule has 2 bridgehead atoms. The first-order valence-corrected chi connectivity index (χ1v) is 9.83. The van der Waals surface area contributed by atoms with Crippen LogP contribution in [0.1, 0.15) is 29.6 Å². The van der Waals surface area contributed by atoms with Gasteiger partial charge in [0.1, 0.15) is 5.75 Å². The van der Waals surface area contributed by atoms with Crippen LogP contribution in [0.2, 0.25) is 0 Å². The third kappa shape index (κ3) is 2.57. The van der Waals surface area contributed by atoms with Crippen LogP contribution < -0.4 is 9.64 Å². The second-order valence-corrected chi connectivity index (χ2v) is 7.94. The standard InChI is InChI=1S/C23H21NO4/c25-18(14-6-2-1-3-7-14)13-28-19-9-5-4-8-17(19)24-22(26)20-15-10-11-16(12-15)21(20)23(24)27/h1-9,15-16,20-21H,10-13H2/t15-,16-,20-,21+/m0/s1. The lowest BCUT2D eigenvalue weighted by atomic mass is 9.81. The fourth-order valence-corrected chi connectivity index (χ4v) is 5.26. The summed E-state index contributed by atoms with van der Waals surface area (Å²) >= 11 is 0. The number of ketones is 1. The van der Waals surface area contributed by atoms with Gasteiger partial charge in [0.25, 0.3) is 0 Å². The van der Waals surface area contributed by atoms with E-state index in [2.05, 4.69) is 0 Å². The number of hydrogen-bond donors (Lipinski definition) is 0. The van der Waals surface area contributed by atoms with Gasteiger partial charge < -0.3 is 4.74 Å². The fourth-order valence-electron chi connectivity index (χ4n) is 5.26. The summed E-state index contributed by atoms with van der Waals surface area (Å²) in [5, 5.41) is 0. The molecule has 3 aliphatic rings. The van der Waals surface area contributed by atoms with Crippen molar-refractivity contribution in [3.05, 3.63) is 60.2 Å². The molecule has 4 atom stereocenters. The molecule has 0 N–H and O–H groups in total. The van der Waals surface area contributed by atoms with E-state index >= 15 is 0 Å². The van der Waals surface area contributed by atoms with E-state index in [9.17, 15) is 14.4 Å². The molecular formula is C23H21NO4. The van der Waals surface area contributed by atoms with Gasteiger partial charge in [0.2, 0.25) is 11.8 Å². The Hall–Kier alpha value is -2.95. The number of hydrogen-bond acceptors (Lipinski definition) is 4. The first-order valence-electron chi connectivity index (χ1n) is 9.83. The predicted octanol–water partition coefficient (Wildman–Crippen LogP) is 3.48. The molecule has 5 rings (SSSR count). The van der Waals surface area contributed by atoms with Gasteiger partial charge in [-0.1, -0.05) is 42.5 Å².